The van der Waals surface area contributed by atoms with Crippen LogP contribution < -0.4 is 19.8 Å². The van der Waals surface area contributed by atoms with Crippen LogP contribution in [-0.4, -0.2) is 30.6 Å². The van der Waals surface area contributed by atoms with Gasteiger partial charge >= 0.3 is 5.97 Å². The van der Waals surface area contributed by atoms with E-state index >= 15 is 0 Å². The van der Waals surface area contributed by atoms with E-state index in [4.69, 9.17) is 4.74 Å². The number of fused-ring (bicyclic) bond motifs is 2. The third kappa shape index (κ3) is 2.77. The highest BCUT2D eigenvalue weighted by Crippen LogP contribution is 2.35. The van der Waals surface area contributed by atoms with Gasteiger partial charge in [0.15, 0.2) is 4.80 Å². The Morgan fingerprint density at radius 3 is 2.65 bits per heavy atom. The zero-order valence-electron chi connectivity index (χ0n) is 16.9. The zero-order valence-corrected chi connectivity index (χ0v) is 18.5. The first-order valence-electron chi connectivity index (χ1n) is 9.48. The summed E-state index contributed by atoms with van der Waals surface area (Å²) in [5, 5.41) is 1.89. The monoisotopic (exact) mass is 451 g/mol. The minimum atomic E-state index is -0.650. The summed E-state index contributed by atoms with van der Waals surface area (Å²) < 4.78 is 6.82. The molecule has 7 nitrogen and oxygen atoms in total. The number of hydrogen-bond acceptors (Lipinski definition) is 7. The van der Waals surface area contributed by atoms with Crippen molar-refractivity contribution < 1.29 is 14.3 Å². The van der Waals surface area contributed by atoms with Crippen LogP contribution in [-0.2, 0) is 14.3 Å². The second-order valence-electron chi connectivity index (χ2n) is 7.17. The van der Waals surface area contributed by atoms with E-state index in [1.807, 2.05) is 41.8 Å². The van der Waals surface area contributed by atoms with Gasteiger partial charge in [0.1, 0.15) is 10.6 Å². The highest BCUT2D eigenvalue weighted by Gasteiger charge is 2.36. The molecule has 0 bridgehead atoms. The molecular formula is C22H17N3O4S2. The molecule has 2 aliphatic rings. The Balaban J connectivity index is 1.86. The average Bonchev–Trinajstić information content (AvgIpc) is 3.46. The van der Waals surface area contributed by atoms with Gasteiger partial charge < -0.3 is 9.64 Å². The lowest BCUT2D eigenvalue weighted by Gasteiger charge is -2.22. The van der Waals surface area contributed by atoms with Crippen LogP contribution in [0.3, 0.4) is 0 Å². The fraction of sp³-hybridized carbons (Fsp3) is 0.182. The summed E-state index contributed by atoms with van der Waals surface area (Å²) in [6, 6.07) is 10.5. The first-order chi connectivity index (χ1) is 14.9. The number of thiophene rings is 1. The van der Waals surface area contributed by atoms with Crippen LogP contribution in [0.2, 0.25) is 0 Å². The van der Waals surface area contributed by atoms with E-state index < -0.39 is 12.0 Å². The van der Waals surface area contributed by atoms with Crippen LogP contribution in [0.4, 0.5) is 5.69 Å². The lowest BCUT2D eigenvalue weighted by atomic mass is 10.0. The van der Waals surface area contributed by atoms with Crippen molar-refractivity contribution >= 4 is 45.8 Å². The van der Waals surface area contributed by atoms with Crippen LogP contribution >= 0.6 is 22.7 Å². The normalized spacial score (nSPS) is 19.3. The first-order valence-corrected chi connectivity index (χ1v) is 11.2. The molecule has 0 N–H and O–H groups in total. The molecule has 0 unspecified atom stereocenters. The highest BCUT2D eigenvalue weighted by molar-refractivity contribution is 7.10. The Morgan fingerprint density at radius 1 is 1.16 bits per heavy atom. The number of methoxy groups -OCH3 is 1. The van der Waals surface area contributed by atoms with E-state index in [2.05, 4.69) is 4.99 Å². The van der Waals surface area contributed by atoms with Crippen LogP contribution in [0.1, 0.15) is 23.4 Å². The number of allylic oxidation sites excluding steroid dienone is 1. The molecule has 1 aromatic carbocycles. The fourth-order valence-electron chi connectivity index (χ4n) is 4.05. The standard InChI is InChI=1S/C22H17N3O4S2/c1-11-15(21(28)29-3)17(14-9-6-10-30-14)25-20(27)18(31-22(25)23-11)16-12-7-4-5-8-13(12)24(2)19(16)26/h4-10,17H,1-3H3/b18-16-/t17-/m0/s1. The largest absolute Gasteiger partial charge is 0.466 e. The molecule has 4 heterocycles. The molecular weight excluding hydrogens is 434 g/mol. The lowest BCUT2D eigenvalue weighted by molar-refractivity contribution is -0.136. The van der Waals surface area contributed by atoms with Crippen LogP contribution in [0, 0.1) is 0 Å². The van der Waals surface area contributed by atoms with Crippen molar-refractivity contribution in [3.63, 3.8) is 0 Å². The van der Waals surface area contributed by atoms with E-state index in [0.29, 0.717) is 26.2 Å². The molecule has 2 aromatic heterocycles. The number of amides is 1. The Hall–Kier alpha value is -3.30. The van der Waals surface area contributed by atoms with Crippen molar-refractivity contribution in [2.45, 2.75) is 13.0 Å². The SMILES string of the molecule is COC(=O)C1=C(C)N=c2s/c(=C3\C(=O)N(C)c4ccccc43)c(=O)n2[C@H]1c1cccs1. The number of esters is 1. The van der Waals surface area contributed by atoms with Gasteiger partial charge in [-0.2, -0.15) is 0 Å². The van der Waals surface area contributed by atoms with Gasteiger partial charge in [0.25, 0.3) is 11.5 Å². The predicted octanol–water partition coefficient (Wildman–Crippen LogP) is 1.82. The molecule has 156 valence electrons. The number of nitrogens with zero attached hydrogens (tertiary/aromatic N) is 3. The van der Waals surface area contributed by atoms with Gasteiger partial charge in [-0.1, -0.05) is 35.6 Å². The van der Waals surface area contributed by atoms with Gasteiger partial charge in [-0.25, -0.2) is 9.79 Å². The first kappa shape index (κ1) is 19.7. The maximum Gasteiger partial charge on any atom is 0.338 e. The lowest BCUT2D eigenvalue weighted by Crippen LogP contribution is -2.40. The molecule has 0 saturated heterocycles. The van der Waals surface area contributed by atoms with Crippen molar-refractivity contribution in [3.8, 4) is 0 Å². The zero-order chi connectivity index (χ0) is 21.9. The number of thiazole rings is 1. The van der Waals surface area contributed by atoms with E-state index in [-0.39, 0.29) is 11.5 Å². The number of likely N-dealkylation sites (N-methyl/N-ethyl adjacent to an activating group) is 1. The average molecular weight is 452 g/mol. The summed E-state index contributed by atoms with van der Waals surface area (Å²) in [6.07, 6.45) is 0. The van der Waals surface area contributed by atoms with Crippen LogP contribution in [0.5, 0.6) is 0 Å². The molecule has 0 fully saturated rings. The number of carbonyl (C=O) groups excluding carboxylic acids is 2. The number of carbonyl (C=O) groups is 2. The summed E-state index contributed by atoms with van der Waals surface area (Å²) in [4.78, 5) is 46.7. The fourth-order valence-corrected chi connectivity index (χ4v) is 6.01. The maximum atomic E-state index is 13.7. The van der Waals surface area contributed by atoms with Gasteiger partial charge in [0.2, 0.25) is 0 Å². The Kier molecular flexibility index (Phi) is 4.53. The Labute approximate surface area is 184 Å². The molecule has 1 amide bonds. The molecule has 9 heteroatoms. The maximum absolute atomic E-state index is 13.7. The number of aromatic nitrogens is 1. The van der Waals surface area contributed by atoms with Crippen molar-refractivity contribution in [2.24, 2.45) is 4.99 Å². The van der Waals surface area contributed by atoms with Crippen LogP contribution in [0.25, 0.3) is 5.57 Å². The third-order valence-corrected chi connectivity index (χ3v) is 7.47. The van der Waals surface area contributed by atoms with Gasteiger partial charge in [0.05, 0.1) is 29.6 Å². The molecule has 3 aromatic rings. The molecule has 0 aliphatic carbocycles. The van der Waals surface area contributed by atoms with Crippen molar-refractivity contribution in [2.75, 3.05) is 19.1 Å². The summed E-state index contributed by atoms with van der Waals surface area (Å²) in [5.41, 5.74) is 2.32. The number of anilines is 1. The van der Waals surface area contributed by atoms with Gasteiger partial charge in [-0.15, -0.1) is 11.3 Å². The van der Waals surface area contributed by atoms with E-state index in [1.165, 1.54) is 34.4 Å². The van der Waals surface area contributed by atoms with Gasteiger partial charge in [-0.05, 0) is 24.4 Å². The van der Waals surface area contributed by atoms with Gasteiger partial charge in [-0.3, -0.25) is 14.2 Å². The number of benzene rings is 1. The third-order valence-electron chi connectivity index (χ3n) is 5.50. The summed E-state index contributed by atoms with van der Waals surface area (Å²) in [5.74, 6) is -0.761. The second kappa shape index (κ2) is 7.14. The van der Waals surface area contributed by atoms with E-state index in [0.717, 1.165) is 16.1 Å². The second-order valence-corrected chi connectivity index (χ2v) is 9.12. The molecule has 0 saturated carbocycles. The van der Waals surface area contributed by atoms with E-state index in [9.17, 15) is 14.4 Å². The molecule has 0 radical (unpaired) electrons. The quantitative estimate of drug-likeness (QED) is 0.557. The highest BCUT2D eigenvalue weighted by atomic mass is 32.1. The molecule has 5 rings (SSSR count). The van der Waals surface area contributed by atoms with Gasteiger partial charge in [0, 0.05) is 17.5 Å². The molecule has 31 heavy (non-hydrogen) atoms. The van der Waals surface area contributed by atoms with E-state index in [1.54, 1.807) is 18.9 Å². The topological polar surface area (TPSA) is 81.0 Å². The smallest absolute Gasteiger partial charge is 0.338 e. The summed E-state index contributed by atoms with van der Waals surface area (Å²) >= 11 is 2.62. The molecule has 2 aliphatic heterocycles. The van der Waals surface area contributed by atoms with Crippen LogP contribution in [0.15, 0.2) is 62.8 Å². The summed E-state index contributed by atoms with van der Waals surface area (Å²) in [6.45, 7) is 1.73. The number of rotatable bonds is 2. The Morgan fingerprint density at radius 2 is 1.94 bits per heavy atom. The van der Waals surface area contributed by atoms with Crippen molar-refractivity contribution in [1.82, 2.24) is 4.57 Å². The predicted molar refractivity (Wildman–Crippen MR) is 119 cm³/mol. The Bertz CT molecular complexity index is 1460. The molecule has 0 spiro atoms. The summed E-state index contributed by atoms with van der Waals surface area (Å²) in [7, 11) is 3.00. The number of ether oxygens (including phenoxy) is 1. The van der Waals surface area contributed by atoms with Crippen molar-refractivity contribution in [1.29, 1.82) is 0 Å². The minimum absolute atomic E-state index is 0.233. The molecule has 1 atom stereocenters. The minimum Gasteiger partial charge on any atom is -0.466 e. The van der Waals surface area contributed by atoms with Crippen molar-refractivity contribution in [3.05, 3.63) is 83.2 Å². The number of hydrogen-bond donors (Lipinski definition) is 0. The number of para-hydroxylation sites is 1.